The summed E-state index contributed by atoms with van der Waals surface area (Å²) >= 11 is 9.55. The number of halogens is 2. The molecule has 1 saturated carbocycles. The van der Waals surface area contributed by atoms with Gasteiger partial charge in [0.05, 0.1) is 5.38 Å². The van der Waals surface area contributed by atoms with Crippen molar-refractivity contribution in [3.63, 3.8) is 0 Å². The Morgan fingerprint density at radius 2 is 2.24 bits per heavy atom. The third kappa shape index (κ3) is 2.95. The highest BCUT2D eigenvalue weighted by Crippen LogP contribution is 2.34. The molecule has 1 aliphatic rings. The lowest BCUT2D eigenvalue weighted by molar-refractivity contribution is -0.0761. The van der Waals surface area contributed by atoms with Crippen LogP contribution in [0.5, 0.6) is 5.75 Å². The molecule has 3 unspecified atom stereocenters. The predicted octanol–water partition coefficient (Wildman–Crippen LogP) is 3.92. The van der Waals surface area contributed by atoms with Crippen LogP contribution in [0.1, 0.15) is 18.9 Å². The van der Waals surface area contributed by atoms with Crippen LogP contribution in [0.25, 0.3) is 0 Å². The maximum atomic E-state index is 6.11. The van der Waals surface area contributed by atoms with Gasteiger partial charge in [-0.15, -0.1) is 11.6 Å². The van der Waals surface area contributed by atoms with E-state index in [1.165, 1.54) is 0 Å². The van der Waals surface area contributed by atoms with E-state index < -0.39 is 0 Å². The highest BCUT2D eigenvalue weighted by atomic mass is 79.9. The summed E-state index contributed by atoms with van der Waals surface area (Å²) in [6.07, 6.45) is 0.948. The molecule has 4 heteroatoms. The van der Waals surface area contributed by atoms with Crippen LogP contribution in [0.2, 0.25) is 0 Å². The molecule has 3 atom stereocenters. The highest BCUT2D eigenvalue weighted by Gasteiger charge is 2.42. The molecular formula is C13H16BrClO2. The minimum absolute atomic E-state index is 0.0183. The third-order valence-electron chi connectivity index (χ3n) is 2.95. The Morgan fingerprint density at radius 3 is 2.82 bits per heavy atom. The quantitative estimate of drug-likeness (QED) is 0.783. The maximum Gasteiger partial charge on any atom is 0.128 e. The number of aryl methyl sites for hydroxylation is 1. The lowest BCUT2D eigenvalue weighted by atomic mass is 9.91. The zero-order chi connectivity index (χ0) is 12.4. The molecular weight excluding hydrogens is 303 g/mol. The summed E-state index contributed by atoms with van der Waals surface area (Å²) in [5.41, 5.74) is 1.12. The fourth-order valence-corrected chi connectivity index (χ4v) is 2.84. The average molecular weight is 320 g/mol. The topological polar surface area (TPSA) is 18.5 Å². The van der Waals surface area contributed by atoms with Gasteiger partial charge in [0, 0.05) is 17.5 Å². The second kappa shape index (κ2) is 5.59. The van der Waals surface area contributed by atoms with E-state index in [4.69, 9.17) is 21.1 Å². The van der Waals surface area contributed by atoms with E-state index in [0.29, 0.717) is 6.61 Å². The van der Waals surface area contributed by atoms with Crippen LogP contribution >= 0.6 is 27.5 Å². The van der Waals surface area contributed by atoms with Gasteiger partial charge in [0.25, 0.3) is 0 Å². The van der Waals surface area contributed by atoms with Crippen LogP contribution in [-0.2, 0) is 4.74 Å². The van der Waals surface area contributed by atoms with E-state index in [1.807, 2.05) is 32.0 Å². The number of hydrogen-bond donors (Lipinski definition) is 0. The van der Waals surface area contributed by atoms with Crippen molar-refractivity contribution in [3.8, 4) is 5.75 Å². The number of rotatable bonds is 4. The summed E-state index contributed by atoms with van der Waals surface area (Å²) in [6, 6.07) is 6.00. The van der Waals surface area contributed by atoms with Gasteiger partial charge in [-0.3, -0.25) is 0 Å². The molecule has 1 aromatic rings. The van der Waals surface area contributed by atoms with Crippen molar-refractivity contribution in [2.75, 3.05) is 6.61 Å². The third-order valence-corrected chi connectivity index (χ3v) is 3.87. The number of benzene rings is 1. The second-order valence-corrected chi connectivity index (χ2v) is 5.71. The number of ether oxygens (including phenoxy) is 2. The summed E-state index contributed by atoms with van der Waals surface area (Å²) in [5.74, 6) is 0.909. The molecule has 1 aliphatic carbocycles. The average Bonchev–Trinajstić information content (AvgIpc) is 2.28. The zero-order valence-corrected chi connectivity index (χ0v) is 12.3. The number of hydrogen-bond acceptors (Lipinski definition) is 2. The van der Waals surface area contributed by atoms with Crippen molar-refractivity contribution >= 4 is 27.5 Å². The van der Waals surface area contributed by atoms with Crippen molar-refractivity contribution in [2.45, 2.75) is 37.9 Å². The van der Waals surface area contributed by atoms with Gasteiger partial charge in [-0.25, -0.2) is 0 Å². The minimum Gasteiger partial charge on any atom is -0.487 e. The molecule has 0 amide bonds. The van der Waals surface area contributed by atoms with E-state index in [-0.39, 0.29) is 17.6 Å². The fraction of sp³-hybridized carbons (Fsp3) is 0.538. The first-order valence-electron chi connectivity index (χ1n) is 5.80. The Balaban J connectivity index is 2.01. The van der Waals surface area contributed by atoms with E-state index in [9.17, 15) is 0 Å². The van der Waals surface area contributed by atoms with Crippen LogP contribution in [-0.4, -0.2) is 24.2 Å². The molecule has 0 radical (unpaired) electrons. The molecule has 0 heterocycles. The first-order chi connectivity index (χ1) is 8.11. The molecule has 2 rings (SSSR count). The van der Waals surface area contributed by atoms with Gasteiger partial charge >= 0.3 is 0 Å². The van der Waals surface area contributed by atoms with E-state index in [1.54, 1.807) is 0 Å². The van der Waals surface area contributed by atoms with Crippen LogP contribution in [0, 0.1) is 6.92 Å². The fourth-order valence-electron chi connectivity index (χ4n) is 1.95. The summed E-state index contributed by atoms with van der Waals surface area (Å²) in [4.78, 5) is 0. The molecule has 1 aromatic carbocycles. The monoisotopic (exact) mass is 318 g/mol. The Kier molecular flexibility index (Phi) is 4.34. The van der Waals surface area contributed by atoms with Crippen molar-refractivity contribution in [1.82, 2.24) is 0 Å². The van der Waals surface area contributed by atoms with Gasteiger partial charge in [0.2, 0.25) is 0 Å². The Labute approximate surface area is 115 Å². The smallest absolute Gasteiger partial charge is 0.128 e. The van der Waals surface area contributed by atoms with Gasteiger partial charge in [-0.05, 0) is 37.6 Å². The van der Waals surface area contributed by atoms with Crippen molar-refractivity contribution in [3.05, 3.63) is 28.2 Å². The molecule has 17 heavy (non-hydrogen) atoms. The maximum absolute atomic E-state index is 6.11. The molecule has 0 bridgehead atoms. The van der Waals surface area contributed by atoms with Crippen LogP contribution in [0.3, 0.4) is 0 Å². The number of alkyl halides is 1. The molecule has 0 aliphatic heterocycles. The molecule has 2 nitrogen and oxygen atoms in total. The van der Waals surface area contributed by atoms with Crippen LogP contribution < -0.4 is 4.74 Å². The first kappa shape index (κ1) is 13.2. The van der Waals surface area contributed by atoms with Gasteiger partial charge in [-0.1, -0.05) is 15.9 Å². The Bertz CT molecular complexity index is 397. The zero-order valence-electron chi connectivity index (χ0n) is 9.95. The van der Waals surface area contributed by atoms with Crippen molar-refractivity contribution in [2.24, 2.45) is 0 Å². The lowest BCUT2D eigenvalue weighted by Crippen LogP contribution is -2.52. The van der Waals surface area contributed by atoms with Crippen molar-refractivity contribution < 1.29 is 9.47 Å². The summed E-state index contributed by atoms with van der Waals surface area (Å²) in [5, 5.41) is 0.0794. The Morgan fingerprint density at radius 1 is 1.47 bits per heavy atom. The molecule has 0 spiro atoms. The van der Waals surface area contributed by atoms with E-state index >= 15 is 0 Å². The molecule has 94 valence electrons. The van der Waals surface area contributed by atoms with E-state index in [2.05, 4.69) is 15.9 Å². The van der Waals surface area contributed by atoms with Gasteiger partial charge in [0.1, 0.15) is 18.0 Å². The minimum atomic E-state index is 0.0183. The summed E-state index contributed by atoms with van der Waals surface area (Å²) < 4.78 is 12.6. The molecule has 0 aromatic heterocycles. The van der Waals surface area contributed by atoms with Gasteiger partial charge in [0.15, 0.2) is 0 Å². The van der Waals surface area contributed by atoms with Crippen LogP contribution in [0.4, 0.5) is 0 Å². The normalized spacial score (nSPS) is 27.6. The van der Waals surface area contributed by atoms with Crippen LogP contribution in [0.15, 0.2) is 22.7 Å². The van der Waals surface area contributed by atoms with Gasteiger partial charge in [-0.2, -0.15) is 0 Å². The largest absolute Gasteiger partial charge is 0.487 e. The predicted molar refractivity (Wildman–Crippen MR) is 73.0 cm³/mol. The summed E-state index contributed by atoms with van der Waals surface area (Å²) in [6.45, 7) is 4.68. The summed E-state index contributed by atoms with van der Waals surface area (Å²) in [7, 11) is 0. The molecule has 0 saturated heterocycles. The highest BCUT2D eigenvalue weighted by molar-refractivity contribution is 9.10. The second-order valence-electron chi connectivity index (χ2n) is 4.24. The molecule has 0 N–H and O–H groups in total. The molecule has 1 fully saturated rings. The SMILES string of the molecule is CCOC1C(Cl)CC1Oc1ccc(Br)cc1C. The van der Waals surface area contributed by atoms with E-state index in [0.717, 1.165) is 22.2 Å². The lowest BCUT2D eigenvalue weighted by Gasteiger charge is -2.40. The first-order valence-corrected chi connectivity index (χ1v) is 7.03. The van der Waals surface area contributed by atoms with Crippen molar-refractivity contribution in [1.29, 1.82) is 0 Å². The van der Waals surface area contributed by atoms with Gasteiger partial charge < -0.3 is 9.47 Å². The standard InChI is InChI=1S/C13H16BrClO2/c1-3-16-13-10(15)7-12(13)17-11-5-4-9(14)6-8(11)2/h4-6,10,12-13H,3,7H2,1-2H3. The Hall–Kier alpha value is -0.250.